The molecule has 148 valence electrons. The largest absolute Gasteiger partial charge is 0.346 e. The minimum atomic E-state index is -0.595. The quantitative estimate of drug-likeness (QED) is 0.663. The van der Waals surface area contributed by atoms with Crippen molar-refractivity contribution in [2.45, 2.75) is 32.2 Å². The van der Waals surface area contributed by atoms with Crippen molar-refractivity contribution in [2.24, 2.45) is 5.92 Å². The van der Waals surface area contributed by atoms with Crippen LogP contribution in [0.15, 0.2) is 31.0 Å². The molecule has 1 aliphatic heterocycles. The van der Waals surface area contributed by atoms with Crippen LogP contribution in [0.1, 0.15) is 26.7 Å². The van der Waals surface area contributed by atoms with Gasteiger partial charge in [-0.2, -0.15) is 10.4 Å². The Balaban J connectivity index is 1.69. The molecular formula is C20H21N7O2. The normalized spacial score (nSPS) is 21.4. The summed E-state index contributed by atoms with van der Waals surface area (Å²) in [4.78, 5) is 37.6. The molecule has 0 saturated carbocycles. The summed E-state index contributed by atoms with van der Waals surface area (Å²) in [7, 11) is 0. The van der Waals surface area contributed by atoms with Crippen molar-refractivity contribution in [2.75, 3.05) is 13.1 Å². The molecule has 0 aliphatic carbocycles. The van der Waals surface area contributed by atoms with Crippen molar-refractivity contribution in [3.63, 3.8) is 0 Å². The van der Waals surface area contributed by atoms with E-state index in [0.717, 1.165) is 22.3 Å². The maximum Gasteiger partial charge on any atom is 0.290 e. The van der Waals surface area contributed by atoms with Gasteiger partial charge >= 0.3 is 0 Å². The Bertz CT molecular complexity index is 1130. The van der Waals surface area contributed by atoms with Crippen LogP contribution in [0.25, 0.3) is 22.3 Å². The zero-order valence-electron chi connectivity index (χ0n) is 16.3. The SMILES string of the molecule is CCC(=O)C(=O)N1C[C@H](CC#N)[C@](C)(n2cc(-c3ncnc4[nH]ccc34)cn2)C1. The molecule has 1 fully saturated rings. The standard InChI is InChI=1S/C20H21N7O2/c1-3-16(28)19(29)26-10-14(4-6-21)20(2,11-26)27-9-13(8-25-27)17-15-5-7-22-18(15)24-12-23-17/h5,7-9,12,14H,3-4,10-11H2,1-2H3,(H,22,23,24)/t14-,20+/m0/s1. The van der Waals surface area contributed by atoms with Crippen molar-refractivity contribution in [1.29, 1.82) is 5.26 Å². The lowest BCUT2D eigenvalue weighted by Crippen LogP contribution is -2.41. The van der Waals surface area contributed by atoms with E-state index in [1.54, 1.807) is 22.7 Å². The van der Waals surface area contributed by atoms with Gasteiger partial charge in [-0.25, -0.2) is 9.97 Å². The van der Waals surface area contributed by atoms with Gasteiger partial charge in [-0.15, -0.1) is 0 Å². The van der Waals surface area contributed by atoms with E-state index in [1.807, 2.05) is 25.4 Å². The van der Waals surface area contributed by atoms with Crippen molar-refractivity contribution >= 4 is 22.7 Å². The van der Waals surface area contributed by atoms with Gasteiger partial charge in [0.1, 0.15) is 12.0 Å². The Morgan fingerprint density at radius 1 is 1.41 bits per heavy atom. The van der Waals surface area contributed by atoms with Gasteiger partial charge in [-0.1, -0.05) is 6.92 Å². The maximum absolute atomic E-state index is 12.4. The van der Waals surface area contributed by atoms with E-state index in [-0.39, 0.29) is 18.8 Å². The summed E-state index contributed by atoms with van der Waals surface area (Å²) in [5, 5.41) is 14.7. The number of nitrogens with one attached hydrogen (secondary N) is 1. The van der Waals surface area contributed by atoms with Crippen molar-refractivity contribution < 1.29 is 9.59 Å². The number of aromatic nitrogens is 5. The number of rotatable bonds is 5. The van der Waals surface area contributed by atoms with E-state index >= 15 is 0 Å². The lowest BCUT2D eigenvalue weighted by molar-refractivity contribution is -0.144. The average Bonchev–Trinajstić information content (AvgIpc) is 3.46. The van der Waals surface area contributed by atoms with Crippen molar-refractivity contribution in [3.8, 4) is 17.3 Å². The van der Waals surface area contributed by atoms with Crippen LogP contribution in [-0.4, -0.2) is 54.4 Å². The highest BCUT2D eigenvalue weighted by atomic mass is 16.2. The van der Waals surface area contributed by atoms with Crippen LogP contribution in [0.2, 0.25) is 0 Å². The number of nitrogens with zero attached hydrogens (tertiary/aromatic N) is 6. The molecule has 0 bridgehead atoms. The van der Waals surface area contributed by atoms with Crippen LogP contribution in [0.3, 0.4) is 0 Å². The molecule has 2 atom stereocenters. The third-order valence-electron chi connectivity index (χ3n) is 5.75. The topological polar surface area (TPSA) is 121 Å². The number of fused-ring (bicyclic) bond motifs is 1. The molecule has 9 nitrogen and oxygen atoms in total. The molecular weight excluding hydrogens is 370 g/mol. The summed E-state index contributed by atoms with van der Waals surface area (Å²) in [6, 6.07) is 4.12. The summed E-state index contributed by atoms with van der Waals surface area (Å²) in [6.45, 7) is 4.33. The molecule has 3 aromatic rings. The minimum Gasteiger partial charge on any atom is -0.346 e. The molecule has 4 rings (SSSR count). The number of carbonyl (C=O) groups excluding carboxylic acids is 2. The minimum absolute atomic E-state index is 0.133. The molecule has 0 aromatic carbocycles. The predicted molar refractivity (Wildman–Crippen MR) is 104 cm³/mol. The van der Waals surface area contributed by atoms with E-state index in [9.17, 15) is 14.9 Å². The van der Waals surface area contributed by atoms with Gasteiger partial charge in [-0.05, 0) is 13.0 Å². The molecule has 1 saturated heterocycles. The highest BCUT2D eigenvalue weighted by Crippen LogP contribution is 2.37. The zero-order chi connectivity index (χ0) is 20.6. The molecule has 1 aliphatic rings. The molecule has 4 heterocycles. The van der Waals surface area contributed by atoms with Crippen LogP contribution < -0.4 is 0 Å². The fourth-order valence-electron chi connectivity index (χ4n) is 4.01. The molecule has 9 heteroatoms. The molecule has 0 radical (unpaired) electrons. The van der Waals surface area contributed by atoms with E-state index in [0.29, 0.717) is 13.1 Å². The van der Waals surface area contributed by atoms with Gasteiger partial charge in [0.25, 0.3) is 5.91 Å². The number of carbonyl (C=O) groups is 2. The van der Waals surface area contributed by atoms with Gasteiger partial charge in [-0.3, -0.25) is 14.3 Å². The maximum atomic E-state index is 12.4. The van der Waals surface area contributed by atoms with Crippen LogP contribution in [-0.2, 0) is 15.1 Å². The first-order chi connectivity index (χ1) is 14.0. The number of Topliss-reactive ketones (excluding diaryl/α,β-unsaturated/α-hetero) is 1. The van der Waals surface area contributed by atoms with Gasteiger partial charge in [0.2, 0.25) is 5.78 Å². The summed E-state index contributed by atoms with van der Waals surface area (Å²) < 4.78 is 1.80. The molecule has 1 N–H and O–H groups in total. The number of likely N-dealkylation sites (tertiary alicyclic amines) is 1. The second kappa shape index (κ2) is 7.13. The van der Waals surface area contributed by atoms with Gasteiger partial charge < -0.3 is 9.88 Å². The smallest absolute Gasteiger partial charge is 0.290 e. The first-order valence-corrected chi connectivity index (χ1v) is 9.50. The van der Waals surface area contributed by atoms with E-state index < -0.39 is 17.2 Å². The average molecular weight is 391 g/mol. The second-order valence-electron chi connectivity index (χ2n) is 7.51. The lowest BCUT2D eigenvalue weighted by atomic mass is 9.87. The molecule has 1 amide bonds. The summed E-state index contributed by atoms with van der Waals surface area (Å²) >= 11 is 0. The summed E-state index contributed by atoms with van der Waals surface area (Å²) in [5.74, 6) is -1.04. The third-order valence-corrected chi connectivity index (χ3v) is 5.75. The lowest BCUT2D eigenvalue weighted by Gasteiger charge is -2.29. The van der Waals surface area contributed by atoms with Gasteiger partial charge in [0.05, 0.1) is 23.5 Å². The molecule has 3 aromatic heterocycles. The van der Waals surface area contributed by atoms with Crippen molar-refractivity contribution in [1.82, 2.24) is 29.6 Å². The highest BCUT2D eigenvalue weighted by molar-refractivity contribution is 6.36. The summed E-state index contributed by atoms with van der Waals surface area (Å²) in [5.41, 5.74) is 1.73. The van der Waals surface area contributed by atoms with Gasteiger partial charge in [0, 0.05) is 55.2 Å². The summed E-state index contributed by atoms with van der Waals surface area (Å²) in [6.07, 6.45) is 7.35. The Morgan fingerprint density at radius 2 is 2.24 bits per heavy atom. The second-order valence-corrected chi connectivity index (χ2v) is 7.51. The fraction of sp³-hybridized carbons (Fsp3) is 0.400. The Morgan fingerprint density at radius 3 is 3.00 bits per heavy atom. The van der Waals surface area contributed by atoms with Gasteiger partial charge in [0.15, 0.2) is 0 Å². The zero-order valence-corrected chi connectivity index (χ0v) is 16.3. The van der Waals surface area contributed by atoms with Crippen LogP contribution in [0.4, 0.5) is 0 Å². The first kappa shape index (κ1) is 18.8. The number of H-pyrrole nitrogens is 1. The number of ketones is 1. The highest BCUT2D eigenvalue weighted by Gasteiger charge is 2.47. The number of hydrogen-bond donors (Lipinski definition) is 1. The van der Waals surface area contributed by atoms with E-state index in [1.165, 1.54) is 6.33 Å². The predicted octanol–water partition coefficient (Wildman–Crippen LogP) is 1.89. The van der Waals surface area contributed by atoms with E-state index in [2.05, 4.69) is 26.1 Å². The Labute approximate surface area is 167 Å². The number of aromatic amines is 1. The first-order valence-electron chi connectivity index (χ1n) is 9.50. The Hall–Kier alpha value is -3.54. The van der Waals surface area contributed by atoms with Crippen LogP contribution in [0.5, 0.6) is 0 Å². The number of nitriles is 1. The number of amides is 1. The van der Waals surface area contributed by atoms with E-state index in [4.69, 9.17) is 0 Å². The molecule has 0 unspecified atom stereocenters. The monoisotopic (exact) mass is 391 g/mol. The Kier molecular flexibility index (Phi) is 4.62. The molecule has 29 heavy (non-hydrogen) atoms. The fourth-order valence-corrected chi connectivity index (χ4v) is 4.01. The number of hydrogen-bond acceptors (Lipinski definition) is 6. The third kappa shape index (κ3) is 3.06. The van der Waals surface area contributed by atoms with Crippen LogP contribution >= 0.6 is 0 Å². The van der Waals surface area contributed by atoms with Crippen LogP contribution in [0, 0.1) is 17.2 Å². The van der Waals surface area contributed by atoms with Crippen molar-refractivity contribution in [3.05, 3.63) is 31.0 Å². The molecule has 0 spiro atoms.